The number of halogens is 1. The maximum Gasteiger partial charge on any atom is 0.411 e. The first kappa shape index (κ1) is 16.5. The molecule has 0 atom stereocenters. The fourth-order valence-electron chi connectivity index (χ4n) is 1.50. The van der Waals surface area contributed by atoms with E-state index >= 15 is 0 Å². The van der Waals surface area contributed by atoms with E-state index in [9.17, 15) is 9.59 Å². The lowest BCUT2D eigenvalue weighted by Gasteiger charge is -2.21. The highest BCUT2D eigenvalue weighted by Crippen LogP contribution is 2.22. The predicted molar refractivity (Wildman–Crippen MR) is 82.0 cm³/mol. The lowest BCUT2D eigenvalue weighted by molar-refractivity contribution is 0.0920. The Morgan fingerprint density at radius 2 is 1.95 bits per heavy atom. The van der Waals surface area contributed by atoms with Crippen molar-refractivity contribution in [3.63, 3.8) is 0 Å². The minimum absolute atomic E-state index is 0.253. The number of anilines is 1. The van der Waals surface area contributed by atoms with Crippen molar-refractivity contribution in [1.82, 2.24) is 5.32 Å². The van der Waals surface area contributed by atoms with Crippen LogP contribution < -0.4 is 10.6 Å². The second-order valence-corrected chi connectivity index (χ2v) is 6.16. The van der Waals surface area contributed by atoms with Crippen LogP contribution >= 0.6 is 15.9 Å². The van der Waals surface area contributed by atoms with Gasteiger partial charge in [0.15, 0.2) is 0 Å². The number of carbonyl (C=O) groups excluding carboxylic acids is 2. The topological polar surface area (TPSA) is 67.4 Å². The third-order valence-electron chi connectivity index (χ3n) is 2.23. The molecule has 0 saturated heterocycles. The molecule has 1 rings (SSSR count). The Morgan fingerprint density at radius 1 is 1.30 bits per heavy atom. The Bertz CT molecular complexity index is 510. The van der Waals surface area contributed by atoms with Crippen LogP contribution in [0.5, 0.6) is 0 Å². The molecule has 2 N–H and O–H groups in total. The molecule has 0 aliphatic heterocycles. The number of ether oxygens (including phenoxy) is 1. The summed E-state index contributed by atoms with van der Waals surface area (Å²) in [5.74, 6) is -0.253. The lowest BCUT2D eigenvalue weighted by Crippen LogP contribution is -2.40. The van der Waals surface area contributed by atoms with E-state index in [1.165, 1.54) is 0 Å². The van der Waals surface area contributed by atoms with Crippen LogP contribution in [0.15, 0.2) is 22.7 Å². The third-order valence-corrected chi connectivity index (χ3v) is 2.72. The summed E-state index contributed by atoms with van der Waals surface area (Å²) < 4.78 is 5.59. The van der Waals surface area contributed by atoms with Crippen LogP contribution in [0.2, 0.25) is 0 Å². The number of rotatable bonds is 3. The van der Waals surface area contributed by atoms with Crippen LogP contribution in [0.1, 0.15) is 38.1 Å². The molecule has 0 aliphatic rings. The normalized spacial score (nSPS) is 10.8. The van der Waals surface area contributed by atoms with E-state index in [-0.39, 0.29) is 18.1 Å². The second-order valence-electron chi connectivity index (χ2n) is 5.24. The van der Waals surface area contributed by atoms with E-state index in [1.54, 1.807) is 25.1 Å². The van der Waals surface area contributed by atoms with Gasteiger partial charge in [-0.25, -0.2) is 4.79 Å². The van der Waals surface area contributed by atoms with E-state index in [2.05, 4.69) is 26.6 Å². The van der Waals surface area contributed by atoms with Gasteiger partial charge in [-0.2, -0.15) is 0 Å². The average molecular weight is 343 g/mol. The third kappa shape index (κ3) is 5.21. The SMILES string of the molecule is CCOC(=O)Nc1cc(Br)ccc1C(=O)NC(C)(C)C. The van der Waals surface area contributed by atoms with Gasteiger partial charge in [0.1, 0.15) is 0 Å². The van der Waals surface area contributed by atoms with Gasteiger partial charge >= 0.3 is 6.09 Å². The number of benzene rings is 1. The van der Waals surface area contributed by atoms with Crippen LogP contribution in [-0.4, -0.2) is 24.1 Å². The highest BCUT2D eigenvalue weighted by atomic mass is 79.9. The highest BCUT2D eigenvalue weighted by Gasteiger charge is 2.19. The molecule has 6 heteroatoms. The minimum Gasteiger partial charge on any atom is -0.450 e. The number of nitrogens with one attached hydrogen (secondary N) is 2. The van der Waals surface area contributed by atoms with Crippen LogP contribution in [-0.2, 0) is 4.74 Å². The molecule has 0 bridgehead atoms. The second kappa shape index (κ2) is 6.74. The molecule has 20 heavy (non-hydrogen) atoms. The molecule has 0 unspecified atom stereocenters. The Kier molecular flexibility index (Phi) is 5.56. The molecule has 1 aromatic rings. The van der Waals surface area contributed by atoms with Crippen LogP contribution in [0.4, 0.5) is 10.5 Å². The van der Waals surface area contributed by atoms with E-state index in [4.69, 9.17) is 4.74 Å². The van der Waals surface area contributed by atoms with Crippen molar-refractivity contribution in [2.45, 2.75) is 33.2 Å². The van der Waals surface area contributed by atoms with Gasteiger partial charge in [-0.1, -0.05) is 15.9 Å². The largest absolute Gasteiger partial charge is 0.450 e. The summed E-state index contributed by atoms with van der Waals surface area (Å²) in [6, 6.07) is 5.05. The highest BCUT2D eigenvalue weighted by molar-refractivity contribution is 9.10. The van der Waals surface area contributed by atoms with Crippen molar-refractivity contribution in [3.8, 4) is 0 Å². The lowest BCUT2D eigenvalue weighted by atomic mass is 10.1. The molecule has 0 heterocycles. The van der Waals surface area contributed by atoms with Gasteiger partial charge in [0.2, 0.25) is 0 Å². The summed E-state index contributed by atoms with van der Waals surface area (Å²) in [6.07, 6.45) is -0.588. The average Bonchev–Trinajstić information content (AvgIpc) is 2.26. The number of hydrogen-bond donors (Lipinski definition) is 2. The Morgan fingerprint density at radius 3 is 2.50 bits per heavy atom. The maximum absolute atomic E-state index is 12.2. The first-order valence-electron chi connectivity index (χ1n) is 6.29. The summed E-state index contributed by atoms with van der Waals surface area (Å²) >= 11 is 3.31. The van der Waals surface area contributed by atoms with E-state index < -0.39 is 6.09 Å². The number of carbonyl (C=O) groups is 2. The van der Waals surface area contributed by atoms with Gasteiger partial charge in [0.05, 0.1) is 17.9 Å². The van der Waals surface area contributed by atoms with E-state index in [1.807, 2.05) is 20.8 Å². The monoisotopic (exact) mass is 342 g/mol. The standard InChI is InChI=1S/C14H19BrN2O3/c1-5-20-13(19)16-11-8-9(15)6-7-10(11)12(18)17-14(2,3)4/h6-8H,5H2,1-4H3,(H,16,19)(H,17,18). The Hall–Kier alpha value is -1.56. The molecule has 5 nitrogen and oxygen atoms in total. The van der Waals surface area contributed by atoms with Crippen molar-refractivity contribution in [1.29, 1.82) is 0 Å². The van der Waals surface area contributed by atoms with Gasteiger partial charge in [-0.05, 0) is 45.9 Å². The molecule has 0 saturated carbocycles. The van der Waals surface area contributed by atoms with Crippen molar-refractivity contribution in [2.75, 3.05) is 11.9 Å². The molecule has 0 radical (unpaired) electrons. The van der Waals surface area contributed by atoms with Gasteiger partial charge in [-0.3, -0.25) is 10.1 Å². The molecule has 0 aromatic heterocycles. The molecule has 0 fully saturated rings. The molecular formula is C14H19BrN2O3. The first-order valence-corrected chi connectivity index (χ1v) is 7.08. The van der Waals surface area contributed by atoms with Crippen LogP contribution in [0.3, 0.4) is 0 Å². The molecule has 1 aromatic carbocycles. The van der Waals surface area contributed by atoms with Crippen molar-refractivity contribution in [3.05, 3.63) is 28.2 Å². The summed E-state index contributed by atoms with van der Waals surface area (Å²) in [6.45, 7) is 7.66. The molecule has 2 amide bonds. The number of amides is 2. The van der Waals surface area contributed by atoms with Crippen LogP contribution in [0.25, 0.3) is 0 Å². The summed E-state index contributed by atoms with van der Waals surface area (Å²) in [7, 11) is 0. The zero-order chi connectivity index (χ0) is 15.3. The summed E-state index contributed by atoms with van der Waals surface area (Å²) in [5, 5.41) is 5.42. The van der Waals surface area contributed by atoms with Gasteiger partial charge in [0.25, 0.3) is 5.91 Å². The van der Waals surface area contributed by atoms with Gasteiger partial charge in [-0.15, -0.1) is 0 Å². The first-order chi connectivity index (χ1) is 9.23. The van der Waals surface area contributed by atoms with Crippen molar-refractivity contribution >= 4 is 33.6 Å². The molecule has 0 spiro atoms. The minimum atomic E-state index is -0.588. The zero-order valence-corrected chi connectivity index (χ0v) is 13.6. The fourth-order valence-corrected chi connectivity index (χ4v) is 1.86. The Balaban J connectivity index is 3.01. The van der Waals surface area contributed by atoms with Gasteiger partial charge < -0.3 is 10.1 Å². The van der Waals surface area contributed by atoms with E-state index in [0.717, 1.165) is 4.47 Å². The summed E-state index contributed by atoms with van der Waals surface area (Å²) in [4.78, 5) is 23.7. The predicted octanol–water partition coefficient (Wildman–Crippen LogP) is 3.55. The molecular weight excluding hydrogens is 324 g/mol. The van der Waals surface area contributed by atoms with Crippen LogP contribution in [0, 0.1) is 0 Å². The zero-order valence-electron chi connectivity index (χ0n) is 12.0. The maximum atomic E-state index is 12.2. The number of hydrogen-bond acceptors (Lipinski definition) is 3. The molecule has 0 aliphatic carbocycles. The molecule has 110 valence electrons. The smallest absolute Gasteiger partial charge is 0.411 e. The quantitative estimate of drug-likeness (QED) is 0.882. The van der Waals surface area contributed by atoms with Crippen molar-refractivity contribution < 1.29 is 14.3 Å². The fraction of sp³-hybridized carbons (Fsp3) is 0.429. The summed E-state index contributed by atoms with van der Waals surface area (Å²) in [5.41, 5.74) is 0.432. The van der Waals surface area contributed by atoms with E-state index in [0.29, 0.717) is 11.3 Å². The Labute approximate surface area is 127 Å². The van der Waals surface area contributed by atoms with Gasteiger partial charge in [0, 0.05) is 10.0 Å². The van der Waals surface area contributed by atoms with Crippen molar-refractivity contribution in [2.24, 2.45) is 0 Å².